The summed E-state index contributed by atoms with van der Waals surface area (Å²) in [4.78, 5) is 20.4. The van der Waals surface area contributed by atoms with Gasteiger partial charge in [0.2, 0.25) is 0 Å². The van der Waals surface area contributed by atoms with Gasteiger partial charge in [0.1, 0.15) is 4.83 Å². The number of rotatable bonds is 4. The lowest BCUT2D eigenvalue weighted by atomic mass is 10.2. The van der Waals surface area contributed by atoms with Gasteiger partial charge in [-0.3, -0.25) is 4.79 Å². The van der Waals surface area contributed by atoms with Crippen LogP contribution in [0.3, 0.4) is 0 Å². The first-order valence-electron chi connectivity index (χ1n) is 6.43. The highest BCUT2D eigenvalue weighted by molar-refractivity contribution is 7.29. The van der Waals surface area contributed by atoms with Crippen LogP contribution in [0, 0.1) is 5.92 Å². The molecule has 1 aliphatic carbocycles. The number of fused-ring (bicyclic) bond motifs is 1. The Balaban J connectivity index is 1.77. The van der Waals surface area contributed by atoms with Crippen LogP contribution < -0.4 is 10.2 Å². The number of thiazole rings is 1. The third kappa shape index (κ3) is 2.60. The first-order chi connectivity index (χ1) is 9.04. The average Bonchev–Trinajstić information content (AvgIpc) is 2.99. The van der Waals surface area contributed by atoms with Crippen LogP contribution in [0.25, 0.3) is 9.53 Å². The van der Waals surface area contributed by atoms with E-state index in [0.29, 0.717) is 5.92 Å². The normalized spacial score (nSPS) is 16.6. The summed E-state index contributed by atoms with van der Waals surface area (Å²) >= 11 is 3.10. The van der Waals surface area contributed by atoms with Crippen molar-refractivity contribution < 1.29 is 4.79 Å². The molecule has 1 fully saturated rings. The Bertz CT molecular complexity index is 581. The van der Waals surface area contributed by atoms with Crippen LogP contribution in [-0.4, -0.2) is 31.0 Å². The van der Waals surface area contributed by atoms with Crippen molar-refractivity contribution in [1.82, 2.24) is 10.3 Å². The topological polar surface area (TPSA) is 45.2 Å². The molecule has 1 atom stereocenters. The molecule has 2 aromatic heterocycles. The van der Waals surface area contributed by atoms with Crippen LogP contribution in [0.1, 0.15) is 29.4 Å². The van der Waals surface area contributed by atoms with Crippen molar-refractivity contribution in [3.05, 3.63) is 10.9 Å². The molecular weight excluding hydrogens is 278 g/mol. The van der Waals surface area contributed by atoms with Gasteiger partial charge in [0, 0.05) is 20.1 Å². The second-order valence-corrected chi connectivity index (χ2v) is 7.31. The third-order valence-electron chi connectivity index (χ3n) is 3.37. The van der Waals surface area contributed by atoms with E-state index in [2.05, 4.69) is 17.2 Å². The molecule has 0 unspecified atom stereocenters. The van der Waals surface area contributed by atoms with E-state index in [1.807, 2.05) is 25.1 Å². The number of aromatic nitrogens is 1. The van der Waals surface area contributed by atoms with Crippen LogP contribution in [0.5, 0.6) is 0 Å². The van der Waals surface area contributed by atoms with E-state index in [0.717, 1.165) is 19.5 Å². The van der Waals surface area contributed by atoms with Crippen LogP contribution in [0.4, 0.5) is 5.13 Å². The molecule has 6 heteroatoms. The smallest absolute Gasteiger partial charge is 0.261 e. The number of anilines is 1. The van der Waals surface area contributed by atoms with E-state index < -0.39 is 0 Å². The van der Waals surface area contributed by atoms with E-state index in [4.69, 9.17) is 0 Å². The number of nitrogens with one attached hydrogen (secondary N) is 1. The summed E-state index contributed by atoms with van der Waals surface area (Å²) in [5.74, 6) is 0.726. The SMILES string of the molecule is C[C@@H](NC(=O)c1cc2sc(N(C)C)nc2s1)C1CC1. The number of carbonyl (C=O) groups is 1. The van der Waals surface area contributed by atoms with Gasteiger partial charge in [-0.15, -0.1) is 11.3 Å². The van der Waals surface area contributed by atoms with Gasteiger partial charge in [-0.1, -0.05) is 11.3 Å². The summed E-state index contributed by atoms with van der Waals surface area (Å²) in [6.07, 6.45) is 2.49. The van der Waals surface area contributed by atoms with Crippen molar-refractivity contribution in [3.63, 3.8) is 0 Å². The molecule has 1 amide bonds. The zero-order chi connectivity index (χ0) is 13.6. The van der Waals surface area contributed by atoms with E-state index >= 15 is 0 Å². The van der Waals surface area contributed by atoms with Gasteiger partial charge < -0.3 is 10.2 Å². The summed E-state index contributed by atoms with van der Waals surface area (Å²) < 4.78 is 1.10. The maximum absolute atomic E-state index is 12.1. The van der Waals surface area contributed by atoms with Crippen molar-refractivity contribution in [2.45, 2.75) is 25.8 Å². The molecule has 0 aliphatic heterocycles. The van der Waals surface area contributed by atoms with E-state index in [1.165, 1.54) is 24.2 Å². The molecule has 0 radical (unpaired) electrons. The van der Waals surface area contributed by atoms with Gasteiger partial charge in [0.15, 0.2) is 5.13 Å². The first-order valence-corrected chi connectivity index (χ1v) is 8.06. The molecule has 1 aliphatic rings. The lowest BCUT2D eigenvalue weighted by Gasteiger charge is -2.11. The number of nitrogens with zero attached hydrogens (tertiary/aromatic N) is 2. The van der Waals surface area contributed by atoms with Crippen molar-refractivity contribution in [2.24, 2.45) is 5.92 Å². The molecular formula is C13H17N3OS2. The molecule has 2 heterocycles. The maximum Gasteiger partial charge on any atom is 0.261 e. The summed E-state index contributed by atoms with van der Waals surface area (Å²) in [5, 5.41) is 4.07. The molecule has 2 aromatic rings. The molecule has 19 heavy (non-hydrogen) atoms. The molecule has 1 N–H and O–H groups in total. The van der Waals surface area contributed by atoms with E-state index in [-0.39, 0.29) is 11.9 Å². The van der Waals surface area contributed by atoms with Crippen molar-refractivity contribution in [2.75, 3.05) is 19.0 Å². The third-order valence-corrected chi connectivity index (χ3v) is 5.70. The zero-order valence-corrected chi connectivity index (χ0v) is 12.9. The fourth-order valence-electron chi connectivity index (χ4n) is 2.02. The van der Waals surface area contributed by atoms with Crippen molar-refractivity contribution in [3.8, 4) is 0 Å². The van der Waals surface area contributed by atoms with Crippen LogP contribution in [-0.2, 0) is 0 Å². The fourth-order valence-corrected chi connectivity index (χ4v) is 4.06. The molecule has 0 aromatic carbocycles. The van der Waals surface area contributed by atoms with E-state index in [1.54, 1.807) is 11.3 Å². The molecule has 1 saturated carbocycles. The molecule has 0 bridgehead atoms. The fraction of sp³-hybridized carbons (Fsp3) is 0.538. The molecule has 4 nitrogen and oxygen atoms in total. The molecule has 3 rings (SSSR count). The van der Waals surface area contributed by atoms with Gasteiger partial charge in [0.25, 0.3) is 5.91 Å². The summed E-state index contributed by atoms with van der Waals surface area (Å²) in [5.41, 5.74) is 0. The Morgan fingerprint density at radius 3 is 2.79 bits per heavy atom. The van der Waals surface area contributed by atoms with Gasteiger partial charge in [0.05, 0.1) is 9.58 Å². The predicted octanol–water partition coefficient (Wildman–Crippen LogP) is 2.95. The quantitative estimate of drug-likeness (QED) is 0.943. The highest BCUT2D eigenvalue weighted by Crippen LogP contribution is 2.35. The molecule has 102 valence electrons. The Hall–Kier alpha value is -1.14. The number of hydrogen-bond donors (Lipinski definition) is 1. The van der Waals surface area contributed by atoms with Gasteiger partial charge in [-0.25, -0.2) is 4.98 Å². The summed E-state index contributed by atoms with van der Waals surface area (Å²) in [7, 11) is 3.96. The summed E-state index contributed by atoms with van der Waals surface area (Å²) in [6, 6.07) is 2.25. The first kappa shape index (κ1) is 12.9. The minimum absolute atomic E-state index is 0.0426. The largest absolute Gasteiger partial charge is 0.354 e. The van der Waals surface area contributed by atoms with Crippen molar-refractivity contribution in [1.29, 1.82) is 0 Å². The minimum Gasteiger partial charge on any atom is -0.354 e. The Morgan fingerprint density at radius 2 is 2.21 bits per heavy atom. The standard InChI is InChI=1S/C13H17N3OS2/c1-7(8-4-5-8)14-11(17)9-6-10-12(18-9)15-13(19-10)16(2)3/h6-8H,4-5H2,1-3H3,(H,14,17)/t7-/m1/s1. The second-order valence-electron chi connectivity index (χ2n) is 5.27. The summed E-state index contributed by atoms with van der Waals surface area (Å²) in [6.45, 7) is 2.09. The van der Waals surface area contributed by atoms with Crippen LogP contribution in [0.2, 0.25) is 0 Å². The van der Waals surface area contributed by atoms with E-state index in [9.17, 15) is 4.79 Å². The maximum atomic E-state index is 12.1. The number of carbonyl (C=O) groups excluding carboxylic acids is 1. The lowest BCUT2D eigenvalue weighted by Crippen LogP contribution is -2.33. The Labute approximate surface area is 120 Å². The van der Waals surface area contributed by atoms with Crippen LogP contribution in [0.15, 0.2) is 6.07 Å². The van der Waals surface area contributed by atoms with Gasteiger partial charge in [-0.05, 0) is 31.7 Å². The monoisotopic (exact) mass is 295 g/mol. The van der Waals surface area contributed by atoms with Gasteiger partial charge >= 0.3 is 0 Å². The Kier molecular flexibility index (Phi) is 3.22. The number of amides is 1. The highest BCUT2D eigenvalue weighted by Gasteiger charge is 2.29. The molecule has 0 spiro atoms. The van der Waals surface area contributed by atoms with Crippen molar-refractivity contribution >= 4 is 43.2 Å². The molecule has 0 saturated heterocycles. The lowest BCUT2D eigenvalue weighted by molar-refractivity contribution is 0.0940. The predicted molar refractivity (Wildman–Crippen MR) is 81.5 cm³/mol. The second kappa shape index (κ2) is 4.76. The van der Waals surface area contributed by atoms with Crippen LogP contribution >= 0.6 is 22.7 Å². The minimum atomic E-state index is 0.0426. The zero-order valence-electron chi connectivity index (χ0n) is 11.3. The number of thiophene rings is 1. The number of hydrogen-bond acceptors (Lipinski definition) is 5. The average molecular weight is 295 g/mol. The highest BCUT2D eigenvalue weighted by atomic mass is 32.1. The van der Waals surface area contributed by atoms with Gasteiger partial charge in [-0.2, -0.15) is 0 Å². The Morgan fingerprint density at radius 1 is 1.47 bits per heavy atom.